The third-order valence-electron chi connectivity index (χ3n) is 2.41. The summed E-state index contributed by atoms with van der Waals surface area (Å²) in [5.41, 5.74) is 0. The van der Waals surface area contributed by atoms with Crippen molar-refractivity contribution in [3.05, 3.63) is 0 Å². The first kappa shape index (κ1) is 17.4. The number of ether oxygens (including phenoxy) is 2. The standard InChI is InChI=1S/C13H27NO4/c1-5-18-13(16)8-12(15)10-14(6-7-17-4)9-11(2)3/h11-12,15H,5-10H2,1-4H3. The SMILES string of the molecule is CCOC(=O)CC(O)CN(CCOC)CC(C)C. The Hall–Kier alpha value is -0.650. The largest absolute Gasteiger partial charge is 0.466 e. The van der Waals surface area contributed by atoms with Crippen LogP contribution >= 0.6 is 0 Å². The molecule has 0 aliphatic heterocycles. The highest BCUT2D eigenvalue weighted by Crippen LogP contribution is 2.03. The number of methoxy groups -OCH3 is 1. The zero-order valence-electron chi connectivity index (χ0n) is 12.0. The van der Waals surface area contributed by atoms with E-state index in [1.165, 1.54) is 0 Å². The van der Waals surface area contributed by atoms with E-state index in [2.05, 4.69) is 18.7 Å². The van der Waals surface area contributed by atoms with Crippen LogP contribution in [0.15, 0.2) is 0 Å². The first-order valence-corrected chi connectivity index (χ1v) is 6.54. The van der Waals surface area contributed by atoms with Crippen molar-refractivity contribution in [2.75, 3.05) is 40.0 Å². The van der Waals surface area contributed by atoms with Crippen LogP contribution in [0.5, 0.6) is 0 Å². The van der Waals surface area contributed by atoms with Crippen LogP contribution < -0.4 is 0 Å². The molecule has 108 valence electrons. The molecule has 18 heavy (non-hydrogen) atoms. The first-order chi connectivity index (χ1) is 8.49. The van der Waals surface area contributed by atoms with Crippen LogP contribution in [0, 0.1) is 5.92 Å². The number of carbonyl (C=O) groups excluding carboxylic acids is 1. The Bertz CT molecular complexity index is 221. The summed E-state index contributed by atoms with van der Waals surface area (Å²) >= 11 is 0. The molecular formula is C13H27NO4. The third-order valence-corrected chi connectivity index (χ3v) is 2.41. The smallest absolute Gasteiger partial charge is 0.308 e. The fourth-order valence-corrected chi connectivity index (χ4v) is 1.77. The van der Waals surface area contributed by atoms with E-state index in [1.54, 1.807) is 14.0 Å². The van der Waals surface area contributed by atoms with Crippen LogP contribution in [0.25, 0.3) is 0 Å². The van der Waals surface area contributed by atoms with Gasteiger partial charge in [-0.15, -0.1) is 0 Å². The minimum atomic E-state index is -0.681. The maximum absolute atomic E-state index is 11.2. The van der Waals surface area contributed by atoms with Gasteiger partial charge in [0.05, 0.1) is 25.7 Å². The van der Waals surface area contributed by atoms with Gasteiger partial charge in [0.15, 0.2) is 0 Å². The summed E-state index contributed by atoms with van der Waals surface area (Å²) in [5, 5.41) is 9.85. The van der Waals surface area contributed by atoms with E-state index in [0.29, 0.717) is 25.7 Å². The van der Waals surface area contributed by atoms with Crippen molar-refractivity contribution in [2.45, 2.75) is 33.3 Å². The van der Waals surface area contributed by atoms with Crippen molar-refractivity contribution < 1.29 is 19.4 Å². The zero-order valence-corrected chi connectivity index (χ0v) is 12.0. The minimum absolute atomic E-state index is 0.0510. The minimum Gasteiger partial charge on any atom is -0.466 e. The van der Waals surface area contributed by atoms with Crippen molar-refractivity contribution >= 4 is 5.97 Å². The summed E-state index contributed by atoms with van der Waals surface area (Å²) in [4.78, 5) is 13.4. The molecule has 0 fully saturated rings. The molecule has 0 saturated heterocycles. The molecule has 0 bridgehead atoms. The van der Waals surface area contributed by atoms with Crippen LogP contribution in [0.4, 0.5) is 0 Å². The zero-order chi connectivity index (χ0) is 14.0. The second kappa shape index (κ2) is 10.3. The molecular weight excluding hydrogens is 234 g/mol. The molecule has 1 atom stereocenters. The van der Waals surface area contributed by atoms with E-state index < -0.39 is 6.10 Å². The lowest BCUT2D eigenvalue weighted by atomic mass is 10.1. The van der Waals surface area contributed by atoms with E-state index in [-0.39, 0.29) is 12.4 Å². The number of nitrogens with zero attached hydrogens (tertiary/aromatic N) is 1. The molecule has 0 rings (SSSR count). The first-order valence-electron chi connectivity index (χ1n) is 6.54. The van der Waals surface area contributed by atoms with Crippen LogP contribution in [-0.2, 0) is 14.3 Å². The normalized spacial score (nSPS) is 13.1. The van der Waals surface area contributed by atoms with Gasteiger partial charge in [0.25, 0.3) is 0 Å². The fourth-order valence-electron chi connectivity index (χ4n) is 1.77. The monoisotopic (exact) mass is 261 g/mol. The number of hydrogen-bond donors (Lipinski definition) is 1. The molecule has 5 heteroatoms. The Morgan fingerprint density at radius 2 is 2.00 bits per heavy atom. The topological polar surface area (TPSA) is 59.0 Å². The van der Waals surface area contributed by atoms with Gasteiger partial charge in [-0.05, 0) is 12.8 Å². The lowest BCUT2D eigenvalue weighted by Gasteiger charge is -2.26. The summed E-state index contributed by atoms with van der Waals surface area (Å²) in [6.45, 7) is 9.09. The number of aliphatic hydroxyl groups excluding tert-OH is 1. The van der Waals surface area contributed by atoms with E-state index in [0.717, 1.165) is 13.1 Å². The summed E-state index contributed by atoms with van der Waals surface area (Å²) in [5.74, 6) is 0.165. The number of carbonyl (C=O) groups is 1. The molecule has 1 N–H and O–H groups in total. The highest BCUT2D eigenvalue weighted by atomic mass is 16.5. The molecule has 0 amide bonds. The van der Waals surface area contributed by atoms with Crippen LogP contribution in [0.3, 0.4) is 0 Å². The Labute approximate surface area is 110 Å². The summed E-state index contributed by atoms with van der Waals surface area (Å²) < 4.78 is 9.85. The van der Waals surface area contributed by atoms with Crippen molar-refractivity contribution in [3.8, 4) is 0 Å². The van der Waals surface area contributed by atoms with Crippen LogP contribution in [-0.4, -0.2) is 62.0 Å². The highest BCUT2D eigenvalue weighted by Gasteiger charge is 2.16. The number of hydrogen-bond acceptors (Lipinski definition) is 5. The van der Waals surface area contributed by atoms with E-state index in [1.807, 2.05) is 0 Å². The van der Waals surface area contributed by atoms with Gasteiger partial charge in [-0.25, -0.2) is 0 Å². The summed E-state index contributed by atoms with van der Waals surface area (Å²) in [6, 6.07) is 0. The second-order valence-electron chi connectivity index (χ2n) is 4.81. The van der Waals surface area contributed by atoms with E-state index >= 15 is 0 Å². The molecule has 0 aliphatic carbocycles. The van der Waals surface area contributed by atoms with Crippen molar-refractivity contribution in [2.24, 2.45) is 5.92 Å². The molecule has 5 nitrogen and oxygen atoms in total. The molecule has 0 saturated carbocycles. The van der Waals surface area contributed by atoms with Gasteiger partial charge < -0.3 is 14.6 Å². The Kier molecular flexibility index (Phi) is 9.92. The molecule has 0 spiro atoms. The second-order valence-corrected chi connectivity index (χ2v) is 4.81. The van der Waals surface area contributed by atoms with Crippen molar-refractivity contribution in [1.82, 2.24) is 4.90 Å². The maximum atomic E-state index is 11.2. The summed E-state index contributed by atoms with van der Waals surface area (Å²) in [7, 11) is 1.66. The van der Waals surface area contributed by atoms with Gasteiger partial charge in [-0.2, -0.15) is 0 Å². The van der Waals surface area contributed by atoms with Gasteiger partial charge in [0.2, 0.25) is 0 Å². The number of aliphatic hydroxyl groups is 1. The van der Waals surface area contributed by atoms with Gasteiger partial charge in [0.1, 0.15) is 0 Å². The van der Waals surface area contributed by atoms with Crippen molar-refractivity contribution in [1.29, 1.82) is 0 Å². The molecule has 1 unspecified atom stereocenters. The van der Waals surface area contributed by atoms with Gasteiger partial charge in [-0.3, -0.25) is 9.69 Å². The van der Waals surface area contributed by atoms with Gasteiger partial charge in [0, 0.05) is 26.7 Å². The molecule has 0 radical (unpaired) electrons. The van der Waals surface area contributed by atoms with Gasteiger partial charge >= 0.3 is 5.97 Å². The number of esters is 1. The van der Waals surface area contributed by atoms with Crippen LogP contribution in [0.2, 0.25) is 0 Å². The van der Waals surface area contributed by atoms with Crippen LogP contribution in [0.1, 0.15) is 27.2 Å². The third kappa shape index (κ3) is 9.39. The number of rotatable bonds is 10. The average Bonchev–Trinajstić information content (AvgIpc) is 2.25. The molecule has 0 aromatic heterocycles. The maximum Gasteiger partial charge on any atom is 0.308 e. The highest BCUT2D eigenvalue weighted by molar-refractivity contribution is 5.69. The molecule has 0 aromatic carbocycles. The Balaban J connectivity index is 4.07. The quantitative estimate of drug-likeness (QED) is 0.592. The molecule has 0 aromatic rings. The summed E-state index contributed by atoms with van der Waals surface area (Å²) in [6.07, 6.45) is -0.630. The fraction of sp³-hybridized carbons (Fsp3) is 0.923. The van der Waals surface area contributed by atoms with E-state index in [4.69, 9.17) is 9.47 Å². The predicted octanol–water partition coefficient (Wildman–Crippen LogP) is 0.905. The average molecular weight is 261 g/mol. The molecule has 0 heterocycles. The Morgan fingerprint density at radius 3 is 2.50 bits per heavy atom. The lowest BCUT2D eigenvalue weighted by molar-refractivity contribution is -0.145. The van der Waals surface area contributed by atoms with Gasteiger partial charge in [-0.1, -0.05) is 13.8 Å². The lowest BCUT2D eigenvalue weighted by Crippen LogP contribution is -2.38. The predicted molar refractivity (Wildman–Crippen MR) is 70.4 cm³/mol. The van der Waals surface area contributed by atoms with E-state index in [9.17, 15) is 9.90 Å². The van der Waals surface area contributed by atoms with Crippen molar-refractivity contribution in [3.63, 3.8) is 0 Å². The molecule has 0 aliphatic rings. The Morgan fingerprint density at radius 1 is 1.33 bits per heavy atom.